The van der Waals surface area contributed by atoms with Gasteiger partial charge in [0.15, 0.2) is 0 Å². The molecule has 2 aromatic heterocycles. The Kier molecular flexibility index (Phi) is 2.79. The standard InChI is InChI=1S/C19H13N2/c1-3-8-15(9-4-1)17-14-21-18(12-7-13-19(21)20-17)16-10-5-2-6-11-16/h2-14H. The Balaban J connectivity index is 1.93. The van der Waals surface area contributed by atoms with Crippen molar-refractivity contribution < 1.29 is 0 Å². The van der Waals surface area contributed by atoms with Crippen LogP contribution in [0.1, 0.15) is 0 Å². The van der Waals surface area contributed by atoms with E-state index in [9.17, 15) is 0 Å². The van der Waals surface area contributed by atoms with E-state index in [1.165, 1.54) is 5.56 Å². The molecule has 0 spiro atoms. The summed E-state index contributed by atoms with van der Waals surface area (Å²) in [5.41, 5.74) is 5.38. The van der Waals surface area contributed by atoms with E-state index in [1.807, 2.05) is 42.5 Å². The van der Waals surface area contributed by atoms with Crippen LogP contribution in [0.5, 0.6) is 0 Å². The lowest BCUT2D eigenvalue weighted by Crippen LogP contribution is -1.89. The molecule has 0 fully saturated rings. The highest BCUT2D eigenvalue weighted by molar-refractivity contribution is 5.68. The monoisotopic (exact) mass is 269 g/mol. The van der Waals surface area contributed by atoms with Gasteiger partial charge in [0.25, 0.3) is 0 Å². The van der Waals surface area contributed by atoms with Gasteiger partial charge in [0.05, 0.1) is 11.4 Å². The van der Waals surface area contributed by atoms with Crippen molar-refractivity contribution in [3.63, 3.8) is 0 Å². The minimum Gasteiger partial charge on any atom is -0.299 e. The topological polar surface area (TPSA) is 17.3 Å². The number of benzene rings is 2. The molecular weight excluding hydrogens is 256 g/mol. The summed E-state index contributed by atoms with van der Waals surface area (Å²) in [6.45, 7) is 0. The number of hydrogen-bond donors (Lipinski definition) is 0. The SMILES string of the molecule is [c]1ccc(-c2cn3c(-c4ccccc4)cccc3n2)cc1. The molecule has 2 heteroatoms. The molecule has 0 bridgehead atoms. The largest absolute Gasteiger partial charge is 0.299 e. The summed E-state index contributed by atoms with van der Waals surface area (Å²) in [6.07, 6.45) is 2.09. The smallest absolute Gasteiger partial charge is 0.137 e. The molecule has 0 aliphatic carbocycles. The zero-order valence-corrected chi connectivity index (χ0v) is 11.4. The first kappa shape index (κ1) is 11.9. The van der Waals surface area contributed by atoms with Crippen molar-refractivity contribution in [2.45, 2.75) is 0 Å². The molecule has 0 saturated carbocycles. The Morgan fingerprint density at radius 1 is 0.762 bits per heavy atom. The zero-order valence-electron chi connectivity index (χ0n) is 11.4. The van der Waals surface area contributed by atoms with E-state index in [2.05, 4.69) is 47.0 Å². The van der Waals surface area contributed by atoms with Gasteiger partial charge in [-0.1, -0.05) is 60.7 Å². The summed E-state index contributed by atoms with van der Waals surface area (Å²) >= 11 is 0. The second kappa shape index (κ2) is 4.91. The summed E-state index contributed by atoms with van der Waals surface area (Å²) in [6, 6.07) is 27.5. The molecule has 2 nitrogen and oxygen atoms in total. The average Bonchev–Trinajstić information content (AvgIpc) is 3.00. The zero-order chi connectivity index (χ0) is 14.1. The Hall–Kier alpha value is -2.87. The summed E-state index contributed by atoms with van der Waals surface area (Å²) in [5, 5.41) is 0. The molecule has 1 radical (unpaired) electrons. The molecule has 0 aliphatic rings. The Bertz CT molecular complexity index is 877. The van der Waals surface area contributed by atoms with Crippen molar-refractivity contribution in [3.8, 4) is 22.5 Å². The van der Waals surface area contributed by atoms with Gasteiger partial charge < -0.3 is 0 Å². The van der Waals surface area contributed by atoms with Crippen molar-refractivity contribution in [2.75, 3.05) is 0 Å². The predicted octanol–water partition coefficient (Wildman–Crippen LogP) is 4.47. The highest BCUT2D eigenvalue weighted by Gasteiger charge is 2.07. The van der Waals surface area contributed by atoms with Crippen LogP contribution in [0.25, 0.3) is 28.2 Å². The van der Waals surface area contributed by atoms with Crippen LogP contribution < -0.4 is 0 Å². The van der Waals surface area contributed by atoms with Gasteiger partial charge in [0.1, 0.15) is 5.65 Å². The number of rotatable bonds is 2. The lowest BCUT2D eigenvalue weighted by molar-refractivity contribution is 1.19. The Labute approximate surface area is 123 Å². The molecule has 4 rings (SSSR count). The minimum atomic E-state index is 0.958. The van der Waals surface area contributed by atoms with E-state index in [4.69, 9.17) is 4.98 Å². The third kappa shape index (κ3) is 2.11. The fourth-order valence-corrected chi connectivity index (χ4v) is 2.55. The maximum atomic E-state index is 4.72. The summed E-state index contributed by atoms with van der Waals surface area (Å²) in [4.78, 5) is 4.72. The first-order chi connectivity index (χ1) is 10.4. The van der Waals surface area contributed by atoms with E-state index >= 15 is 0 Å². The maximum Gasteiger partial charge on any atom is 0.137 e. The lowest BCUT2D eigenvalue weighted by Gasteiger charge is -2.04. The molecular formula is C19H13N2. The van der Waals surface area contributed by atoms with Gasteiger partial charge in [-0.05, 0) is 23.8 Å². The van der Waals surface area contributed by atoms with E-state index < -0.39 is 0 Å². The van der Waals surface area contributed by atoms with Crippen LogP contribution in [0, 0.1) is 6.07 Å². The van der Waals surface area contributed by atoms with Crippen molar-refractivity contribution >= 4 is 5.65 Å². The van der Waals surface area contributed by atoms with Gasteiger partial charge in [-0.3, -0.25) is 4.40 Å². The number of fused-ring (bicyclic) bond motifs is 1. The molecule has 2 heterocycles. The molecule has 2 aromatic carbocycles. The molecule has 21 heavy (non-hydrogen) atoms. The molecule has 0 atom stereocenters. The molecule has 0 amide bonds. The third-order valence-corrected chi connectivity index (χ3v) is 3.58. The number of nitrogens with zero attached hydrogens (tertiary/aromatic N) is 2. The van der Waals surface area contributed by atoms with Crippen LogP contribution in [0.2, 0.25) is 0 Å². The van der Waals surface area contributed by atoms with Crippen LogP contribution in [0.3, 0.4) is 0 Å². The van der Waals surface area contributed by atoms with Crippen LogP contribution in [-0.2, 0) is 0 Å². The molecule has 0 N–H and O–H groups in total. The van der Waals surface area contributed by atoms with Gasteiger partial charge in [-0.15, -0.1) is 0 Å². The first-order valence-corrected chi connectivity index (χ1v) is 6.92. The van der Waals surface area contributed by atoms with Crippen molar-refractivity contribution in [2.24, 2.45) is 0 Å². The van der Waals surface area contributed by atoms with Crippen molar-refractivity contribution in [1.29, 1.82) is 0 Å². The maximum absolute atomic E-state index is 4.72. The Morgan fingerprint density at radius 2 is 1.57 bits per heavy atom. The molecule has 0 saturated heterocycles. The summed E-state index contributed by atoms with van der Waals surface area (Å²) in [7, 11) is 0. The Morgan fingerprint density at radius 3 is 2.38 bits per heavy atom. The molecule has 99 valence electrons. The van der Waals surface area contributed by atoms with Crippen LogP contribution in [0.15, 0.2) is 79.0 Å². The van der Waals surface area contributed by atoms with Crippen LogP contribution in [-0.4, -0.2) is 9.38 Å². The number of imidazole rings is 1. The van der Waals surface area contributed by atoms with E-state index in [0.29, 0.717) is 0 Å². The van der Waals surface area contributed by atoms with Crippen LogP contribution >= 0.6 is 0 Å². The summed E-state index contributed by atoms with van der Waals surface area (Å²) < 4.78 is 2.14. The average molecular weight is 269 g/mol. The first-order valence-electron chi connectivity index (χ1n) is 6.92. The van der Waals surface area contributed by atoms with Gasteiger partial charge >= 0.3 is 0 Å². The number of hydrogen-bond acceptors (Lipinski definition) is 1. The summed E-state index contributed by atoms with van der Waals surface area (Å²) in [5.74, 6) is 0. The van der Waals surface area contributed by atoms with Crippen molar-refractivity contribution in [3.05, 3.63) is 85.1 Å². The third-order valence-electron chi connectivity index (χ3n) is 3.58. The van der Waals surface area contributed by atoms with Crippen molar-refractivity contribution in [1.82, 2.24) is 9.38 Å². The molecule has 4 aromatic rings. The second-order valence-electron chi connectivity index (χ2n) is 4.92. The van der Waals surface area contributed by atoms with Gasteiger partial charge in [0.2, 0.25) is 0 Å². The number of pyridine rings is 1. The molecule has 0 aliphatic heterocycles. The number of aromatic nitrogens is 2. The minimum absolute atomic E-state index is 0.958. The normalized spacial score (nSPS) is 10.9. The highest BCUT2D eigenvalue weighted by Crippen LogP contribution is 2.24. The van der Waals surface area contributed by atoms with E-state index in [1.54, 1.807) is 0 Å². The fourth-order valence-electron chi connectivity index (χ4n) is 2.55. The lowest BCUT2D eigenvalue weighted by atomic mass is 10.1. The van der Waals surface area contributed by atoms with Gasteiger partial charge in [0, 0.05) is 11.8 Å². The fraction of sp³-hybridized carbons (Fsp3) is 0. The van der Waals surface area contributed by atoms with E-state index in [0.717, 1.165) is 22.6 Å². The van der Waals surface area contributed by atoms with Crippen LogP contribution in [0.4, 0.5) is 0 Å². The predicted molar refractivity (Wildman–Crippen MR) is 84.9 cm³/mol. The quantitative estimate of drug-likeness (QED) is 0.525. The molecule has 0 unspecified atom stereocenters. The van der Waals surface area contributed by atoms with E-state index in [-0.39, 0.29) is 0 Å². The van der Waals surface area contributed by atoms with Gasteiger partial charge in [-0.2, -0.15) is 0 Å². The highest BCUT2D eigenvalue weighted by atomic mass is 15.0. The van der Waals surface area contributed by atoms with Gasteiger partial charge in [-0.25, -0.2) is 4.98 Å². The second-order valence-corrected chi connectivity index (χ2v) is 4.92.